The maximum atomic E-state index is 11.5. The molecule has 0 aromatic rings. The summed E-state index contributed by atoms with van der Waals surface area (Å²) in [7, 11) is 0. The van der Waals surface area contributed by atoms with E-state index < -0.39 is 17.6 Å². The zero-order valence-electron chi connectivity index (χ0n) is 12.3. The van der Waals surface area contributed by atoms with Crippen molar-refractivity contribution in [2.45, 2.75) is 53.0 Å². The Bertz CT molecular complexity index is 296. The lowest BCUT2D eigenvalue weighted by molar-refractivity contribution is 0.0330. The van der Waals surface area contributed by atoms with Crippen molar-refractivity contribution in [2.24, 2.45) is 11.1 Å². The zero-order chi connectivity index (χ0) is 14.9. The number of alkyl carbamates (subject to hydrolysis) is 1. The number of hydrogen-bond donors (Lipinski definition) is 2. The van der Waals surface area contributed by atoms with Gasteiger partial charge < -0.3 is 20.5 Å². The molecule has 2 unspecified atom stereocenters. The number of carbonyl (C=O) groups excluding carboxylic acids is 2. The van der Waals surface area contributed by atoms with Crippen molar-refractivity contribution in [1.82, 2.24) is 5.32 Å². The topological polar surface area (TPSA) is 90.7 Å². The Labute approximate surface area is 115 Å². The molecule has 0 fully saturated rings. The molecular formula is C13H26N2O4. The van der Waals surface area contributed by atoms with Crippen molar-refractivity contribution >= 4 is 12.2 Å². The predicted octanol–water partition coefficient (Wildman–Crippen LogP) is 2.41. The third-order valence-electron chi connectivity index (χ3n) is 2.94. The fourth-order valence-electron chi connectivity index (χ4n) is 1.62. The first-order chi connectivity index (χ1) is 8.83. The number of amides is 2. The molecule has 0 spiro atoms. The van der Waals surface area contributed by atoms with Crippen LogP contribution in [0.5, 0.6) is 0 Å². The van der Waals surface area contributed by atoms with Gasteiger partial charge in [-0.2, -0.15) is 0 Å². The van der Waals surface area contributed by atoms with Crippen molar-refractivity contribution in [3.8, 4) is 0 Å². The van der Waals surface area contributed by atoms with E-state index in [9.17, 15) is 9.59 Å². The minimum absolute atomic E-state index is 0.0757. The lowest BCUT2D eigenvalue weighted by Gasteiger charge is -2.28. The highest BCUT2D eigenvalue weighted by Gasteiger charge is 2.27. The molecule has 6 heteroatoms. The molecule has 0 aromatic heterocycles. The summed E-state index contributed by atoms with van der Waals surface area (Å²) < 4.78 is 10.0. The van der Waals surface area contributed by atoms with E-state index >= 15 is 0 Å². The molecular weight excluding hydrogens is 248 g/mol. The van der Waals surface area contributed by atoms with Crippen LogP contribution in [0.1, 0.15) is 47.0 Å². The Morgan fingerprint density at radius 1 is 1.26 bits per heavy atom. The van der Waals surface area contributed by atoms with Crippen LogP contribution in [-0.2, 0) is 9.47 Å². The lowest BCUT2D eigenvalue weighted by atomic mass is 9.87. The zero-order valence-corrected chi connectivity index (χ0v) is 12.3. The first-order valence-corrected chi connectivity index (χ1v) is 6.68. The van der Waals surface area contributed by atoms with E-state index in [2.05, 4.69) is 5.32 Å². The van der Waals surface area contributed by atoms with Crippen LogP contribution >= 0.6 is 0 Å². The molecule has 6 nitrogen and oxygen atoms in total. The van der Waals surface area contributed by atoms with Gasteiger partial charge >= 0.3 is 12.2 Å². The van der Waals surface area contributed by atoms with Crippen molar-refractivity contribution in [1.29, 1.82) is 0 Å². The van der Waals surface area contributed by atoms with Gasteiger partial charge in [-0.05, 0) is 19.8 Å². The van der Waals surface area contributed by atoms with Gasteiger partial charge in [0.2, 0.25) is 0 Å². The molecule has 0 aromatic carbocycles. The van der Waals surface area contributed by atoms with Crippen LogP contribution in [0.25, 0.3) is 0 Å². The molecule has 0 heterocycles. The second-order valence-corrected chi connectivity index (χ2v) is 5.20. The highest BCUT2D eigenvalue weighted by atomic mass is 16.6. The van der Waals surface area contributed by atoms with Gasteiger partial charge in [0.15, 0.2) is 0 Å². The molecule has 19 heavy (non-hydrogen) atoms. The Hall–Kier alpha value is -1.46. The third-order valence-corrected chi connectivity index (χ3v) is 2.94. The van der Waals surface area contributed by atoms with Crippen LogP contribution in [0.3, 0.4) is 0 Å². The average Bonchev–Trinajstić information content (AvgIpc) is 2.34. The summed E-state index contributed by atoms with van der Waals surface area (Å²) in [5.74, 6) is 0. The molecule has 0 aliphatic rings. The van der Waals surface area contributed by atoms with Gasteiger partial charge in [-0.15, -0.1) is 0 Å². The minimum atomic E-state index is -0.814. The molecule has 0 bridgehead atoms. The second kappa shape index (κ2) is 8.61. The summed E-state index contributed by atoms with van der Waals surface area (Å²) in [5, 5.41) is 2.72. The van der Waals surface area contributed by atoms with E-state index in [0.29, 0.717) is 0 Å². The van der Waals surface area contributed by atoms with Crippen LogP contribution in [0.2, 0.25) is 0 Å². The van der Waals surface area contributed by atoms with E-state index in [4.69, 9.17) is 15.2 Å². The number of primary amides is 1. The van der Waals surface area contributed by atoms with Crippen molar-refractivity contribution in [2.75, 3.05) is 13.2 Å². The van der Waals surface area contributed by atoms with Crippen LogP contribution in [0.4, 0.5) is 9.59 Å². The molecule has 2 atom stereocenters. The first-order valence-electron chi connectivity index (χ1n) is 6.68. The van der Waals surface area contributed by atoms with E-state index in [1.54, 1.807) is 0 Å². The van der Waals surface area contributed by atoms with E-state index in [0.717, 1.165) is 19.3 Å². The molecule has 0 saturated heterocycles. The largest absolute Gasteiger partial charge is 0.449 e. The molecule has 112 valence electrons. The third kappa shape index (κ3) is 8.29. The average molecular weight is 274 g/mol. The number of rotatable bonds is 8. The number of ether oxygens (including phenoxy) is 2. The quantitative estimate of drug-likeness (QED) is 0.711. The molecule has 0 aliphatic heterocycles. The van der Waals surface area contributed by atoms with Crippen molar-refractivity contribution < 1.29 is 19.1 Å². The van der Waals surface area contributed by atoms with Crippen molar-refractivity contribution in [3.05, 3.63) is 0 Å². The van der Waals surface area contributed by atoms with Crippen LogP contribution in [0.15, 0.2) is 0 Å². The van der Waals surface area contributed by atoms with E-state index in [-0.39, 0.29) is 19.3 Å². The minimum Gasteiger partial charge on any atom is -0.449 e. The summed E-state index contributed by atoms with van der Waals surface area (Å²) in [6, 6.07) is 0.0757. The number of nitrogens with one attached hydrogen (secondary N) is 1. The Kier molecular flexibility index (Phi) is 7.95. The highest BCUT2D eigenvalue weighted by Crippen LogP contribution is 2.24. The van der Waals surface area contributed by atoms with Gasteiger partial charge in [-0.3, -0.25) is 0 Å². The summed E-state index contributed by atoms with van der Waals surface area (Å²) in [6.07, 6.45) is 1.25. The molecule has 3 N–H and O–H groups in total. The summed E-state index contributed by atoms with van der Waals surface area (Å²) in [5.41, 5.74) is 4.55. The van der Waals surface area contributed by atoms with Crippen LogP contribution in [0, 0.1) is 5.41 Å². The summed E-state index contributed by atoms with van der Waals surface area (Å²) in [6.45, 7) is 8.14. The number of hydrogen-bond acceptors (Lipinski definition) is 4. The standard InChI is InChI=1S/C13H26N2O4/c1-5-7-13(4,8-18-11(14)16)9-19-12(17)15-10(3)6-2/h10H,5-9H2,1-4H3,(H2,14,16)(H,15,17). The lowest BCUT2D eigenvalue weighted by Crippen LogP contribution is -2.37. The molecule has 0 saturated carbocycles. The Balaban J connectivity index is 4.25. The monoisotopic (exact) mass is 274 g/mol. The maximum absolute atomic E-state index is 11.5. The summed E-state index contributed by atoms with van der Waals surface area (Å²) in [4.78, 5) is 22.2. The molecule has 0 rings (SSSR count). The van der Waals surface area contributed by atoms with Gasteiger partial charge in [0.25, 0.3) is 0 Å². The van der Waals surface area contributed by atoms with Gasteiger partial charge in [-0.25, -0.2) is 9.59 Å². The number of carbonyl (C=O) groups is 2. The summed E-state index contributed by atoms with van der Waals surface area (Å²) >= 11 is 0. The van der Waals surface area contributed by atoms with Gasteiger partial charge in [-0.1, -0.05) is 27.2 Å². The predicted molar refractivity (Wildman–Crippen MR) is 72.8 cm³/mol. The van der Waals surface area contributed by atoms with Crippen LogP contribution in [-0.4, -0.2) is 31.4 Å². The first kappa shape index (κ1) is 17.5. The molecule has 0 radical (unpaired) electrons. The normalized spacial score (nSPS) is 15.2. The van der Waals surface area contributed by atoms with E-state index in [1.807, 2.05) is 27.7 Å². The highest BCUT2D eigenvalue weighted by molar-refractivity contribution is 5.67. The fourth-order valence-corrected chi connectivity index (χ4v) is 1.62. The van der Waals surface area contributed by atoms with E-state index in [1.165, 1.54) is 0 Å². The SMILES string of the molecule is CCCC(C)(COC(N)=O)COC(=O)NC(C)CC. The van der Waals surface area contributed by atoms with Crippen LogP contribution < -0.4 is 11.1 Å². The molecule has 2 amide bonds. The van der Waals surface area contributed by atoms with Gasteiger partial charge in [0, 0.05) is 11.5 Å². The number of nitrogens with two attached hydrogens (primary N) is 1. The van der Waals surface area contributed by atoms with Gasteiger partial charge in [0.05, 0.1) is 0 Å². The fraction of sp³-hybridized carbons (Fsp3) is 0.846. The van der Waals surface area contributed by atoms with Crippen molar-refractivity contribution in [3.63, 3.8) is 0 Å². The van der Waals surface area contributed by atoms with Gasteiger partial charge in [0.1, 0.15) is 13.2 Å². The molecule has 0 aliphatic carbocycles. The smallest absolute Gasteiger partial charge is 0.407 e. The Morgan fingerprint density at radius 3 is 2.32 bits per heavy atom. The Morgan fingerprint density at radius 2 is 1.84 bits per heavy atom. The maximum Gasteiger partial charge on any atom is 0.407 e. The second-order valence-electron chi connectivity index (χ2n) is 5.20.